The molecule has 2 saturated carbocycles. The molecule has 3 aliphatic rings. The predicted molar refractivity (Wildman–Crippen MR) is 157 cm³/mol. The van der Waals surface area contributed by atoms with Crippen molar-refractivity contribution in [2.75, 3.05) is 6.54 Å². The largest absolute Gasteiger partial charge is 0.472 e. The number of benzene rings is 1. The maximum absolute atomic E-state index is 13.2. The van der Waals surface area contributed by atoms with Crippen molar-refractivity contribution in [3.8, 4) is 17.3 Å². The van der Waals surface area contributed by atoms with Crippen molar-refractivity contribution >= 4 is 57.4 Å². The number of nitrogens with zero attached hydrogens (tertiary/aromatic N) is 3. The van der Waals surface area contributed by atoms with Gasteiger partial charge in [0.25, 0.3) is 5.91 Å². The van der Waals surface area contributed by atoms with Gasteiger partial charge in [-0.25, -0.2) is 13.4 Å². The lowest BCUT2D eigenvalue weighted by Crippen LogP contribution is -2.55. The lowest BCUT2D eigenvalue weighted by molar-refractivity contribution is -0.130. The Kier molecular flexibility index (Phi) is 8.88. The van der Waals surface area contributed by atoms with Crippen molar-refractivity contribution < 1.29 is 22.7 Å². The molecular formula is C27H30Cl2N6O5S. The van der Waals surface area contributed by atoms with E-state index in [1.54, 1.807) is 24.7 Å². The molecule has 3 heterocycles. The molecule has 0 bridgehead atoms. The van der Waals surface area contributed by atoms with E-state index in [2.05, 4.69) is 31.9 Å². The molecular weight excluding hydrogens is 591 g/mol. The van der Waals surface area contributed by atoms with Gasteiger partial charge in [0.1, 0.15) is 17.3 Å². The molecule has 3 aromatic rings. The minimum atomic E-state index is -3.74. The van der Waals surface area contributed by atoms with E-state index in [0.29, 0.717) is 49.5 Å². The lowest BCUT2D eigenvalue weighted by Gasteiger charge is -2.21. The fraction of sp³-hybridized carbons (Fsp3) is 0.370. The number of rotatable bonds is 9. The molecule has 2 aliphatic carbocycles. The molecule has 1 saturated heterocycles. The van der Waals surface area contributed by atoms with Crippen LogP contribution >= 0.6 is 24.8 Å². The molecule has 3 fully saturated rings. The predicted octanol–water partition coefficient (Wildman–Crippen LogP) is 2.31. The smallest absolute Gasteiger partial charge is 0.259 e. The number of hydrogen-bond acceptors (Lipinski definition) is 9. The second-order valence-corrected chi connectivity index (χ2v) is 12.2. The van der Waals surface area contributed by atoms with E-state index < -0.39 is 38.7 Å². The molecule has 0 radical (unpaired) electrons. The summed E-state index contributed by atoms with van der Waals surface area (Å²) in [6, 6.07) is 9.02. The van der Waals surface area contributed by atoms with Gasteiger partial charge in [0.2, 0.25) is 21.8 Å². The second-order valence-electron chi connectivity index (χ2n) is 10.2. The zero-order valence-corrected chi connectivity index (χ0v) is 24.3. The van der Waals surface area contributed by atoms with Crippen molar-refractivity contribution in [3.63, 3.8) is 0 Å². The summed E-state index contributed by atoms with van der Waals surface area (Å²) in [5.74, 6) is -1.02. The number of carbonyl (C=O) groups is 2. The van der Waals surface area contributed by atoms with Crippen LogP contribution in [0.1, 0.15) is 25.7 Å². The van der Waals surface area contributed by atoms with Gasteiger partial charge in [0.15, 0.2) is 0 Å². The molecule has 1 aliphatic heterocycles. The molecule has 1 aromatic carbocycles. The number of fused-ring (bicyclic) bond motifs is 1. The van der Waals surface area contributed by atoms with Crippen LogP contribution in [0.4, 0.5) is 0 Å². The van der Waals surface area contributed by atoms with Crippen LogP contribution in [0.25, 0.3) is 22.2 Å². The molecule has 0 spiro atoms. The minimum absolute atomic E-state index is 0. The van der Waals surface area contributed by atoms with Crippen molar-refractivity contribution in [2.45, 2.75) is 48.6 Å². The summed E-state index contributed by atoms with van der Waals surface area (Å²) >= 11 is 0. The van der Waals surface area contributed by atoms with Crippen LogP contribution < -0.4 is 20.1 Å². The Hall–Kier alpha value is -3.32. The van der Waals surface area contributed by atoms with Gasteiger partial charge in [-0.05, 0) is 36.8 Å². The Morgan fingerprint density at radius 3 is 2.61 bits per heavy atom. The van der Waals surface area contributed by atoms with Crippen LogP contribution in [0, 0.1) is 5.92 Å². The quantitative estimate of drug-likeness (QED) is 0.306. The van der Waals surface area contributed by atoms with Crippen LogP contribution in [0.5, 0.6) is 5.88 Å². The van der Waals surface area contributed by atoms with Crippen LogP contribution in [0.3, 0.4) is 0 Å². The van der Waals surface area contributed by atoms with Gasteiger partial charge >= 0.3 is 0 Å². The van der Waals surface area contributed by atoms with Crippen LogP contribution in [0.2, 0.25) is 0 Å². The van der Waals surface area contributed by atoms with Crippen LogP contribution in [-0.4, -0.2) is 64.7 Å². The highest BCUT2D eigenvalue weighted by atomic mass is 35.5. The molecule has 2 amide bonds. The van der Waals surface area contributed by atoms with Crippen molar-refractivity contribution in [2.24, 2.45) is 5.92 Å². The standard InChI is InChI=1S/C27H28N6O5S.2ClH/c1-2-17-13-27(17,26(35)33-39(36,37)19-7-8-19)32-24(34)22-12-18(14-30-22)38-25-20-6-4-3-5-16(20)11-21(31-25)23-15-28-9-10-29-23;;/h2-6,9-11,15,17-19,22,30H,1,7-8,12-14H2,(H,32,34)(H,33,35);2*1H/t17-,18-,22+,27-;;/m1../s1. The number of halogens is 2. The van der Waals surface area contributed by atoms with E-state index >= 15 is 0 Å². The third-order valence-electron chi connectivity index (χ3n) is 7.47. The molecule has 2 aromatic heterocycles. The number of ether oxygens (including phenoxy) is 1. The molecule has 14 heteroatoms. The van der Waals surface area contributed by atoms with E-state index in [9.17, 15) is 18.0 Å². The van der Waals surface area contributed by atoms with Crippen molar-refractivity contribution in [3.05, 3.63) is 61.6 Å². The number of aromatic nitrogens is 3. The van der Waals surface area contributed by atoms with Crippen LogP contribution in [0.15, 0.2) is 61.6 Å². The van der Waals surface area contributed by atoms with Gasteiger partial charge in [0.05, 0.1) is 23.2 Å². The number of hydrogen-bond donors (Lipinski definition) is 3. The zero-order chi connectivity index (χ0) is 27.2. The number of sulfonamides is 1. The minimum Gasteiger partial charge on any atom is -0.472 e. The van der Waals surface area contributed by atoms with Crippen molar-refractivity contribution in [1.29, 1.82) is 0 Å². The average molecular weight is 622 g/mol. The summed E-state index contributed by atoms with van der Waals surface area (Å²) in [6.07, 6.45) is 7.74. The average Bonchev–Trinajstić information content (AvgIpc) is 3.86. The Bertz CT molecular complexity index is 1570. The van der Waals surface area contributed by atoms with E-state index in [1.165, 1.54) is 0 Å². The molecule has 11 nitrogen and oxygen atoms in total. The molecule has 0 unspecified atom stereocenters. The SMILES string of the molecule is C=C[C@@H]1C[C@]1(NC(=O)[C@@H]1C[C@@H](Oc2nc(-c3cnccn3)cc3ccccc23)CN1)C(=O)NS(=O)(=O)C1CC1.Cl.Cl. The van der Waals surface area contributed by atoms with E-state index in [4.69, 9.17) is 9.72 Å². The first-order valence-electron chi connectivity index (χ1n) is 12.9. The van der Waals surface area contributed by atoms with Gasteiger partial charge < -0.3 is 15.4 Å². The summed E-state index contributed by atoms with van der Waals surface area (Å²) in [6.45, 7) is 4.12. The third-order valence-corrected chi connectivity index (χ3v) is 9.28. The maximum atomic E-state index is 13.2. The lowest BCUT2D eigenvalue weighted by atomic mass is 10.1. The Balaban J connectivity index is 0.00000194. The van der Waals surface area contributed by atoms with E-state index in [1.807, 2.05) is 30.3 Å². The van der Waals surface area contributed by atoms with Gasteiger partial charge in [-0.1, -0.05) is 24.3 Å². The summed E-state index contributed by atoms with van der Waals surface area (Å²) in [5, 5.41) is 7.18. The summed E-state index contributed by atoms with van der Waals surface area (Å²) < 4.78 is 33.1. The number of carbonyl (C=O) groups excluding carboxylic acids is 2. The highest BCUT2D eigenvalue weighted by molar-refractivity contribution is 7.91. The first-order chi connectivity index (χ1) is 18.8. The Morgan fingerprint density at radius 2 is 1.93 bits per heavy atom. The summed E-state index contributed by atoms with van der Waals surface area (Å²) in [4.78, 5) is 39.3. The summed E-state index contributed by atoms with van der Waals surface area (Å²) in [7, 11) is -3.74. The first kappa shape index (κ1) is 30.6. The fourth-order valence-corrected chi connectivity index (χ4v) is 6.36. The highest BCUT2D eigenvalue weighted by Gasteiger charge is 2.61. The van der Waals surface area contributed by atoms with Gasteiger partial charge in [-0.2, -0.15) is 0 Å². The Morgan fingerprint density at radius 1 is 1.15 bits per heavy atom. The third kappa shape index (κ3) is 6.15. The van der Waals surface area contributed by atoms with Gasteiger partial charge in [0, 0.05) is 36.7 Å². The van der Waals surface area contributed by atoms with E-state index in [0.717, 1.165) is 10.8 Å². The maximum Gasteiger partial charge on any atom is 0.259 e. The number of nitrogens with one attached hydrogen (secondary N) is 3. The van der Waals surface area contributed by atoms with E-state index in [-0.39, 0.29) is 36.8 Å². The molecule has 3 N–H and O–H groups in total. The zero-order valence-electron chi connectivity index (χ0n) is 21.9. The van der Waals surface area contributed by atoms with Crippen molar-refractivity contribution in [1.82, 2.24) is 30.3 Å². The highest BCUT2D eigenvalue weighted by Crippen LogP contribution is 2.45. The fourth-order valence-electron chi connectivity index (χ4n) is 4.99. The monoisotopic (exact) mass is 620 g/mol. The Labute approximate surface area is 249 Å². The molecule has 4 atom stereocenters. The number of amides is 2. The van der Waals surface area contributed by atoms with Crippen LogP contribution in [-0.2, 0) is 19.6 Å². The second kappa shape index (κ2) is 11.9. The molecule has 41 heavy (non-hydrogen) atoms. The molecule has 218 valence electrons. The topological polar surface area (TPSA) is 152 Å². The first-order valence-corrected chi connectivity index (χ1v) is 14.4. The summed E-state index contributed by atoms with van der Waals surface area (Å²) in [5.41, 5.74) is -0.0803. The van der Waals surface area contributed by atoms with Gasteiger partial charge in [-0.15, -0.1) is 31.4 Å². The molecule has 6 rings (SSSR count). The normalized spacial score (nSPS) is 24.8. The van der Waals surface area contributed by atoms with Gasteiger partial charge in [-0.3, -0.25) is 24.3 Å². The number of pyridine rings is 1.